The van der Waals surface area contributed by atoms with Gasteiger partial charge in [-0.25, -0.2) is 17.7 Å². The molecule has 0 aliphatic carbocycles. The van der Waals surface area contributed by atoms with E-state index >= 15 is 0 Å². The SMILES string of the molecule is C[N+](c1ccccc1)(c1ccccc1)c1c(F)c(F)c(F)c(F)c1F.[Br-]. The van der Waals surface area contributed by atoms with Gasteiger partial charge in [-0.05, 0) is 24.3 Å². The summed E-state index contributed by atoms with van der Waals surface area (Å²) in [6.07, 6.45) is 0. The molecule has 3 aromatic rings. The quantitative estimate of drug-likeness (QED) is 0.260. The van der Waals surface area contributed by atoms with Crippen LogP contribution in [0.3, 0.4) is 0 Å². The molecule has 0 spiro atoms. The van der Waals surface area contributed by atoms with Crippen LogP contribution in [0.2, 0.25) is 0 Å². The number of halogens is 6. The Balaban J connectivity index is 0.00000243. The molecular weight excluding hydrogens is 417 g/mol. The van der Waals surface area contributed by atoms with E-state index in [2.05, 4.69) is 0 Å². The Kier molecular flexibility index (Phi) is 5.83. The minimum atomic E-state index is -2.17. The average Bonchev–Trinajstić information content (AvgIpc) is 2.66. The maximum absolute atomic E-state index is 14.5. The van der Waals surface area contributed by atoms with Gasteiger partial charge in [-0.15, -0.1) is 0 Å². The highest BCUT2D eigenvalue weighted by molar-refractivity contribution is 5.71. The van der Waals surface area contributed by atoms with Crippen molar-refractivity contribution < 1.29 is 38.9 Å². The Hall–Kier alpha value is -2.25. The summed E-state index contributed by atoms with van der Waals surface area (Å²) in [6.45, 7) is 0. The lowest BCUT2D eigenvalue weighted by atomic mass is 10.1. The summed E-state index contributed by atoms with van der Waals surface area (Å²) in [6, 6.07) is 16.1. The first-order valence-corrected chi connectivity index (χ1v) is 7.38. The molecule has 0 fully saturated rings. The molecule has 3 aromatic carbocycles. The van der Waals surface area contributed by atoms with E-state index in [4.69, 9.17) is 0 Å². The van der Waals surface area contributed by atoms with Gasteiger partial charge in [0.15, 0.2) is 0 Å². The van der Waals surface area contributed by atoms with E-state index in [9.17, 15) is 22.0 Å². The summed E-state index contributed by atoms with van der Waals surface area (Å²) < 4.78 is 69.4. The van der Waals surface area contributed by atoms with Gasteiger partial charge < -0.3 is 17.0 Å². The van der Waals surface area contributed by atoms with Crippen molar-refractivity contribution in [3.8, 4) is 0 Å². The predicted octanol–water partition coefficient (Wildman–Crippen LogP) is 2.99. The molecule has 0 bridgehead atoms. The van der Waals surface area contributed by atoms with Crippen LogP contribution in [0.4, 0.5) is 39.0 Å². The zero-order chi connectivity index (χ0) is 18.2. The van der Waals surface area contributed by atoms with Gasteiger partial charge in [0.25, 0.3) is 0 Å². The predicted molar refractivity (Wildman–Crippen MR) is 86.2 cm³/mol. The summed E-state index contributed by atoms with van der Waals surface area (Å²) in [7, 11) is 1.38. The van der Waals surface area contributed by atoms with Gasteiger partial charge in [0.1, 0.15) is 11.4 Å². The molecule has 0 heterocycles. The molecule has 0 aromatic heterocycles. The first-order valence-electron chi connectivity index (χ1n) is 7.38. The zero-order valence-electron chi connectivity index (χ0n) is 13.5. The molecule has 0 unspecified atom stereocenters. The average molecular weight is 430 g/mol. The van der Waals surface area contributed by atoms with Gasteiger partial charge in [0.05, 0.1) is 7.05 Å². The molecule has 26 heavy (non-hydrogen) atoms. The second kappa shape index (κ2) is 7.55. The normalized spacial score (nSPS) is 11.2. The van der Waals surface area contributed by atoms with Gasteiger partial charge in [-0.1, -0.05) is 36.4 Å². The summed E-state index contributed by atoms with van der Waals surface area (Å²) in [4.78, 5) is 0. The van der Waals surface area contributed by atoms with Gasteiger partial charge in [0, 0.05) is 0 Å². The zero-order valence-corrected chi connectivity index (χ0v) is 15.1. The maximum Gasteiger partial charge on any atom is 0.226 e. The molecule has 0 amide bonds. The molecular formula is C19H13BrF5N. The lowest BCUT2D eigenvalue weighted by molar-refractivity contribution is -0.00000746. The monoisotopic (exact) mass is 429 g/mol. The van der Waals surface area contributed by atoms with E-state index in [0.29, 0.717) is 11.4 Å². The maximum atomic E-state index is 14.5. The largest absolute Gasteiger partial charge is 1.00 e. The van der Waals surface area contributed by atoms with E-state index in [0.717, 1.165) is 0 Å². The number of nitrogens with zero attached hydrogens (tertiary/aromatic N) is 1. The molecule has 7 heteroatoms. The standard InChI is InChI=1S/C19H13F5N.BrH/c1-25(12-8-4-2-5-9-12,13-10-6-3-7-11-13)19-17(23)15(21)14(20)16(22)18(19)24;/h2-11H,1H3;1H/q+1;/p-1. The molecule has 0 aliphatic heterocycles. The Labute approximate surface area is 157 Å². The molecule has 0 aliphatic rings. The Bertz CT molecular complexity index is 848. The Morgan fingerprint density at radius 3 is 1.19 bits per heavy atom. The van der Waals surface area contributed by atoms with E-state index in [1.807, 2.05) is 0 Å². The van der Waals surface area contributed by atoms with Crippen molar-refractivity contribution in [3.63, 3.8) is 0 Å². The highest BCUT2D eigenvalue weighted by Crippen LogP contribution is 2.45. The fourth-order valence-corrected chi connectivity index (χ4v) is 2.85. The lowest BCUT2D eigenvalue weighted by Crippen LogP contribution is -3.00. The van der Waals surface area contributed by atoms with Crippen molar-refractivity contribution in [2.75, 3.05) is 7.05 Å². The number of hydrogen-bond donors (Lipinski definition) is 0. The minimum Gasteiger partial charge on any atom is -1.00 e. The number of para-hydroxylation sites is 2. The summed E-state index contributed by atoms with van der Waals surface area (Å²) in [5.74, 6) is -9.82. The first-order chi connectivity index (χ1) is 11.9. The second-order valence-corrected chi connectivity index (χ2v) is 5.60. The van der Waals surface area contributed by atoms with Crippen LogP contribution in [0.1, 0.15) is 0 Å². The van der Waals surface area contributed by atoms with Crippen molar-refractivity contribution >= 4 is 17.1 Å². The van der Waals surface area contributed by atoms with Crippen LogP contribution in [-0.2, 0) is 0 Å². The highest BCUT2D eigenvalue weighted by Gasteiger charge is 2.42. The lowest BCUT2D eigenvalue weighted by Gasteiger charge is -2.33. The third-order valence-electron chi connectivity index (χ3n) is 4.18. The topological polar surface area (TPSA) is 0 Å². The van der Waals surface area contributed by atoms with Crippen molar-refractivity contribution in [1.29, 1.82) is 0 Å². The van der Waals surface area contributed by atoms with Crippen LogP contribution in [0.25, 0.3) is 0 Å². The number of benzene rings is 3. The molecule has 0 radical (unpaired) electrons. The van der Waals surface area contributed by atoms with E-state index in [1.54, 1.807) is 60.7 Å². The van der Waals surface area contributed by atoms with Crippen LogP contribution < -0.4 is 21.5 Å². The summed E-state index contributed by atoms with van der Waals surface area (Å²) in [5.41, 5.74) is -0.248. The summed E-state index contributed by atoms with van der Waals surface area (Å²) >= 11 is 0. The smallest absolute Gasteiger partial charge is 0.226 e. The van der Waals surface area contributed by atoms with E-state index in [1.165, 1.54) is 7.05 Å². The number of hydrogen-bond acceptors (Lipinski definition) is 0. The number of quaternary nitrogens is 1. The third kappa shape index (κ3) is 3.01. The van der Waals surface area contributed by atoms with Crippen LogP contribution in [0.5, 0.6) is 0 Å². The molecule has 0 saturated heterocycles. The van der Waals surface area contributed by atoms with Crippen molar-refractivity contribution in [2.45, 2.75) is 0 Å². The fourth-order valence-electron chi connectivity index (χ4n) is 2.85. The highest BCUT2D eigenvalue weighted by atomic mass is 79.9. The van der Waals surface area contributed by atoms with Crippen molar-refractivity contribution in [2.24, 2.45) is 0 Å². The van der Waals surface area contributed by atoms with Crippen LogP contribution in [-0.4, -0.2) is 7.05 Å². The van der Waals surface area contributed by atoms with E-state index in [-0.39, 0.29) is 17.0 Å². The second-order valence-electron chi connectivity index (χ2n) is 5.60. The molecule has 0 N–H and O–H groups in total. The van der Waals surface area contributed by atoms with Gasteiger partial charge >= 0.3 is 0 Å². The number of rotatable bonds is 3. The Morgan fingerprint density at radius 2 is 0.846 bits per heavy atom. The third-order valence-corrected chi connectivity index (χ3v) is 4.18. The molecule has 1 nitrogen and oxygen atoms in total. The van der Waals surface area contributed by atoms with Crippen molar-refractivity contribution in [3.05, 3.63) is 89.7 Å². The van der Waals surface area contributed by atoms with Crippen LogP contribution >= 0.6 is 0 Å². The molecule has 136 valence electrons. The molecule has 3 rings (SSSR count). The summed E-state index contributed by atoms with van der Waals surface area (Å²) in [5, 5.41) is 0. The van der Waals surface area contributed by atoms with Crippen LogP contribution in [0, 0.1) is 29.1 Å². The minimum absolute atomic E-state index is 0. The van der Waals surface area contributed by atoms with Gasteiger partial charge in [0.2, 0.25) is 34.8 Å². The van der Waals surface area contributed by atoms with Crippen molar-refractivity contribution in [1.82, 2.24) is 4.48 Å². The molecule has 0 atom stereocenters. The Morgan fingerprint density at radius 1 is 0.538 bits per heavy atom. The van der Waals surface area contributed by atoms with E-state index < -0.39 is 39.3 Å². The van der Waals surface area contributed by atoms with Gasteiger partial charge in [-0.3, -0.25) is 0 Å². The molecule has 0 saturated carbocycles. The fraction of sp³-hybridized carbons (Fsp3) is 0.0526. The van der Waals surface area contributed by atoms with Gasteiger partial charge in [-0.2, -0.15) is 8.78 Å². The first kappa shape index (κ1) is 20.1. The van der Waals surface area contributed by atoms with Crippen LogP contribution in [0.15, 0.2) is 60.7 Å².